The topological polar surface area (TPSA) is 20.3 Å². The molecule has 0 unspecified atom stereocenters. The van der Waals surface area contributed by atoms with Gasteiger partial charge in [0.1, 0.15) is 0 Å². The maximum absolute atomic E-state index is 10.00. The second kappa shape index (κ2) is 2.55. The van der Waals surface area contributed by atoms with Crippen LogP contribution in [0.25, 0.3) is 0 Å². The molecule has 0 fully saturated rings. The summed E-state index contributed by atoms with van der Waals surface area (Å²) in [7, 11) is 0. The Hall–Kier alpha value is 0.0400. The molecule has 0 aromatic rings. The summed E-state index contributed by atoms with van der Waals surface area (Å²) in [4.78, 5) is 11.6. The molecule has 4 heteroatoms. The van der Waals surface area contributed by atoms with Crippen LogP contribution in [0.1, 0.15) is 0 Å². The van der Waals surface area contributed by atoms with E-state index in [0.29, 0.717) is 0 Å². The third-order valence-electron chi connectivity index (χ3n) is 0.754. The lowest BCUT2D eigenvalue weighted by atomic mass is 10.8. The smallest absolute Gasteiger partial charge is 0.214 e. The zero-order valence-corrected chi connectivity index (χ0v) is 6.41. The van der Waals surface area contributed by atoms with Crippen molar-refractivity contribution in [3.63, 3.8) is 0 Å². The Morgan fingerprint density at radius 3 is 3.00 bits per heavy atom. The number of rotatable bonds is 1. The van der Waals surface area contributed by atoms with Gasteiger partial charge in [0.05, 0.1) is 9.69 Å². The Morgan fingerprint density at radius 1 is 2.00 bits per heavy atom. The molecule has 1 amide bonds. The minimum absolute atomic E-state index is 0.740. The fourth-order valence-electron chi connectivity index (χ4n) is 0.402. The Kier molecular flexibility index (Phi) is 1.96. The number of carbonyl (C=O) groups is 1. The molecule has 0 atom stereocenters. The Bertz CT molecular complexity index is 136. The van der Waals surface area contributed by atoms with Gasteiger partial charge in [-0.25, -0.2) is 0 Å². The third-order valence-corrected chi connectivity index (χ3v) is 2.45. The van der Waals surface area contributed by atoms with Crippen LogP contribution < -0.4 is 0 Å². The number of carbonyl (C=O) groups excluding carboxylic acids is 1. The van der Waals surface area contributed by atoms with E-state index >= 15 is 0 Å². The van der Waals surface area contributed by atoms with Crippen molar-refractivity contribution in [2.24, 2.45) is 0 Å². The molecule has 0 aliphatic carbocycles. The Morgan fingerprint density at radius 2 is 2.75 bits per heavy atom. The summed E-state index contributed by atoms with van der Waals surface area (Å²) >= 11 is 4.85. The second-order valence-electron chi connectivity index (χ2n) is 1.33. The summed E-state index contributed by atoms with van der Waals surface area (Å²) in [6.45, 7) is 0. The van der Waals surface area contributed by atoms with Gasteiger partial charge in [-0.15, -0.1) is 0 Å². The molecule has 0 radical (unpaired) electrons. The Labute approximate surface area is 60.1 Å². The van der Waals surface area contributed by atoms with Gasteiger partial charge in [0, 0.05) is 6.20 Å². The summed E-state index contributed by atoms with van der Waals surface area (Å²) in [6.07, 6.45) is 2.57. The zero-order valence-electron chi connectivity index (χ0n) is 4.00. The van der Waals surface area contributed by atoms with E-state index in [1.807, 2.05) is 0 Å². The third kappa shape index (κ3) is 1.26. The van der Waals surface area contributed by atoms with Crippen LogP contribution in [0.5, 0.6) is 0 Å². The summed E-state index contributed by atoms with van der Waals surface area (Å²) < 4.78 is 1.02. The molecule has 0 aromatic heterocycles. The molecule has 1 aliphatic heterocycles. The molecule has 0 N–H and O–H groups in total. The molecule has 44 valence electrons. The van der Waals surface area contributed by atoms with Gasteiger partial charge in [0.15, 0.2) is 0 Å². The van der Waals surface area contributed by atoms with Gasteiger partial charge in [0.2, 0.25) is 6.41 Å². The highest BCUT2D eigenvalue weighted by atomic mass is 79.9. The van der Waals surface area contributed by atoms with E-state index in [1.165, 1.54) is 0 Å². The van der Waals surface area contributed by atoms with Crippen molar-refractivity contribution in [1.29, 1.82) is 0 Å². The summed E-state index contributed by atoms with van der Waals surface area (Å²) in [6, 6.07) is 0. The molecule has 0 aromatic carbocycles. The van der Waals surface area contributed by atoms with E-state index in [0.717, 1.165) is 16.1 Å². The van der Waals surface area contributed by atoms with Gasteiger partial charge >= 0.3 is 0 Å². The first-order chi connectivity index (χ1) is 3.83. The SMILES string of the molecule is O=CN1C=C(Br)SC1. The number of amides is 1. The van der Waals surface area contributed by atoms with E-state index in [9.17, 15) is 4.79 Å². The van der Waals surface area contributed by atoms with Crippen LogP contribution in [0.2, 0.25) is 0 Å². The quantitative estimate of drug-likeness (QED) is 0.587. The van der Waals surface area contributed by atoms with Crippen LogP contribution in [0, 0.1) is 0 Å². The lowest BCUT2D eigenvalue weighted by Crippen LogP contribution is -2.08. The molecule has 0 spiro atoms. The van der Waals surface area contributed by atoms with Crippen molar-refractivity contribution in [3.8, 4) is 0 Å². The average molecular weight is 194 g/mol. The Balaban J connectivity index is 2.53. The van der Waals surface area contributed by atoms with E-state index in [1.54, 1.807) is 22.9 Å². The van der Waals surface area contributed by atoms with Gasteiger partial charge < -0.3 is 4.90 Å². The van der Waals surface area contributed by atoms with Crippen molar-refractivity contribution >= 4 is 34.1 Å². The number of halogens is 1. The molecular weight excluding hydrogens is 190 g/mol. The standard InChI is InChI=1S/C4H4BrNOS/c5-4-1-6(2-7)3-8-4/h1-2H,3H2. The minimum atomic E-state index is 0.740. The lowest BCUT2D eigenvalue weighted by molar-refractivity contribution is -0.115. The normalized spacial score (nSPS) is 18.6. The largest absolute Gasteiger partial charge is 0.310 e. The van der Waals surface area contributed by atoms with Crippen molar-refractivity contribution < 1.29 is 4.79 Å². The van der Waals surface area contributed by atoms with Crippen LogP contribution in [0.15, 0.2) is 10.0 Å². The number of nitrogens with zero attached hydrogens (tertiary/aromatic N) is 1. The number of thioether (sulfide) groups is 1. The van der Waals surface area contributed by atoms with Crippen LogP contribution in [-0.2, 0) is 4.79 Å². The van der Waals surface area contributed by atoms with Crippen LogP contribution in [-0.4, -0.2) is 17.2 Å². The van der Waals surface area contributed by atoms with Gasteiger partial charge in [-0.2, -0.15) is 0 Å². The molecule has 0 bridgehead atoms. The van der Waals surface area contributed by atoms with Gasteiger partial charge in [-0.1, -0.05) is 11.8 Å². The van der Waals surface area contributed by atoms with E-state index in [2.05, 4.69) is 15.9 Å². The van der Waals surface area contributed by atoms with Gasteiger partial charge in [-0.05, 0) is 15.9 Å². The molecular formula is C4H4BrNOS. The maximum atomic E-state index is 10.00. The van der Waals surface area contributed by atoms with Crippen LogP contribution in [0.4, 0.5) is 0 Å². The minimum Gasteiger partial charge on any atom is -0.310 e. The van der Waals surface area contributed by atoms with Crippen molar-refractivity contribution in [3.05, 3.63) is 10.0 Å². The molecule has 2 nitrogen and oxygen atoms in total. The highest BCUT2D eigenvalue weighted by molar-refractivity contribution is 9.14. The highest BCUT2D eigenvalue weighted by Crippen LogP contribution is 2.28. The lowest BCUT2D eigenvalue weighted by Gasteiger charge is -1.98. The zero-order chi connectivity index (χ0) is 5.98. The van der Waals surface area contributed by atoms with Crippen molar-refractivity contribution in [2.75, 3.05) is 5.88 Å². The summed E-state index contributed by atoms with van der Waals surface area (Å²) in [5.41, 5.74) is 0. The van der Waals surface area contributed by atoms with E-state index in [-0.39, 0.29) is 0 Å². The van der Waals surface area contributed by atoms with Crippen LogP contribution >= 0.6 is 27.7 Å². The summed E-state index contributed by atoms with van der Waals surface area (Å²) in [5.74, 6) is 0.740. The predicted molar refractivity (Wildman–Crippen MR) is 37.4 cm³/mol. The molecule has 0 saturated heterocycles. The van der Waals surface area contributed by atoms with Crippen molar-refractivity contribution in [1.82, 2.24) is 4.90 Å². The fraction of sp³-hybridized carbons (Fsp3) is 0.250. The van der Waals surface area contributed by atoms with E-state index in [4.69, 9.17) is 0 Å². The molecule has 8 heavy (non-hydrogen) atoms. The maximum Gasteiger partial charge on any atom is 0.214 e. The highest BCUT2D eigenvalue weighted by Gasteiger charge is 2.07. The second-order valence-corrected chi connectivity index (χ2v) is 3.69. The average Bonchev–Trinajstić information content (AvgIpc) is 2.14. The van der Waals surface area contributed by atoms with E-state index < -0.39 is 0 Å². The molecule has 1 aliphatic rings. The first-order valence-electron chi connectivity index (χ1n) is 2.04. The predicted octanol–water partition coefficient (Wildman–Crippen LogP) is 1.34. The molecule has 0 saturated carbocycles. The monoisotopic (exact) mass is 193 g/mol. The molecule has 1 heterocycles. The number of hydrogen-bond donors (Lipinski definition) is 0. The van der Waals surface area contributed by atoms with Gasteiger partial charge in [0.25, 0.3) is 0 Å². The van der Waals surface area contributed by atoms with Crippen molar-refractivity contribution in [2.45, 2.75) is 0 Å². The van der Waals surface area contributed by atoms with Gasteiger partial charge in [-0.3, -0.25) is 4.79 Å². The van der Waals surface area contributed by atoms with Crippen LogP contribution in [0.3, 0.4) is 0 Å². The summed E-state index contributed by atoms with van der Waals surface area (Å²) in [5, 5.41) is 0. The number of hydrogen-bond acceptors (Lipinski definition) is 2. The first kappa shape index (κ1) is 6.16. The molecule has 1 rings (SSSR count). The first-order valence-corrected chi connectivity index (χ1v) is 3.82. The fourth-order valence-corrected chi connectivity index (χ4v) is 1.59.